The molecular formula is C6H19N5. The Labute approximate surface area is 67.8 Å². The topological polar surface area (TPSA) is 109 Å². The van der Waals surface area contributed by atoms with E-state index in [2.05, 4.69) is 17.8 Å². The zero-order valence-corrected chi connectivity index (χ0v) is 7.49. The van der Waals surface area contributed by atoms with Gasteiger partial charge < -0.3 is 11.9 Å². The molecule has 0 radical (unpaired) electrons. The lowest BCUT2D eigenvalue weighted by Crippen LogP contribution is -2.52. The van der Waals surface area contributed by atoms with Gasteiger partial charge in [0, 0.05) is 5.54 Å². The molecule has 0 aromatic carbocycles. The highest BCUT2D eigenvalue weighted by Crippen LogP contribution is 2.03. The lowest BCUT2D eigenvalue weighted by Gasteiger charge is -2.24. The van der Waals surface area contributed by atoms with Crippen LogP contribution in [0.15, 0.2) is 0 Å². The number of nitrogens with two attached hydrogens (primary N) is 1. The molecule has 0 atom stereocenters. The fourth-order valence-corrected chi connectivity index (χ4v) is 0.325. The number of hydrogen-bond donors (Lipinski definition) is 5. The standard InChI is InChI=1S/C6H16N4.H3N/c1-4-6(2,3)10-9-5(7)8;/h10H,4H2,1-3H3,(H4,7,8,9);1H3. The summed E-state index contributed by atoms with van der Waals surface area (Å²) < 4.78 is 0. The minimum atomic E-state index is -0.0541. The maximum Gasteiger partial charge on any atom is 0.200 e. The van der Waals surface area contributed by atoms with Gasteiger partial charge in [-0.05, 0) is 20.3 Å². The molecule has 0 heterocycles. The van der Waals surface area contributed by atoms with Gasteiger partial charge in [0.2, 0.25) is 0 Å². The molecule has 0 unspecified atom stereocenters. The second-order valence-electron chi connectivity index (χ2n) is 2.90. The number of hydrazine groups is 1. The molecule has 0 aliphatic carbocycles. The Kier molecular flexibility index (Phi) is 5.74. The second-order valence-corrected chi connectivity index (χ2v) is 2.90. The fourth-order valence-electron chi connectivity index (χ4n) is 0.325. The van der Waals surface area contributed by atoms with Crippen molar-refractivity contribution in [2.24, 2.45) is 5.73 Å². The molecule has 0 fully saturated rings. The Balaban J connectivity index is 0. The van der Waals surface area contributed by atoms with Crippen LogP contribution in [0.25, 0.3) is 0 Å². The van der Waals surface area contributed by atoms with Gasteiger partial charge in [-0.3, -0.25) is 10.8 Å². The van der Waals surface area contributed by atoms with Crippen LogP contribution in [-0.4, -0.2) is 11.5 Å². The predicted octanol–water partition coefficient (Wildman–Crippen LogP) is 0.325. The van der Waals surface area contributed by atoms with E-state index in [4.69, 9.17) is 11.1 Å². The maximum absolute atomic E-state index is 6.85. The monoisotopic (exact) mass is 161 g/mol. The van der Waals surface area contributed by atoms with Crippen molar-refractivity contribution < 1.29 is 0 Å². The van der Waals surface area contributed by atoms with Crippen molar-refractivity contribution in [3.8, 4) is 0 Å². The number of guanidine groups is 1. The second kappa shape index (κ2) is 4.92. The summed E-state index contributed by atoms with van der Waals surface area (Å²) in [7, 11) is 0. The smallest absolute Gasteiger partial charge is 0.200 e. The summed E-state index contributed by atoms with van der Waals surface area (Å²) in [6.45, 7) is 6.13. The molecule has 11 heavy (non-hydrogen) atoms. The van der Waals surface area contributed by atoms with Crippen molar-refractivity contribution in [1.29, 1.82) is 5.41 Å². The van der Waals surface area contributed by atoms with E-state index in [1.807, 2.05) is 13.8 Å². The third-order valence-corrected chi connectivity index (χ3v) is 1.42. The van der Waals surface area contributed by atoms with Crippen LogP contribution in [0, 0.1) is 5.41 Å². The molecule has 0 aliphatic heterocycles. The molecule has 0 amide bonds. The van der Waals surface area contributed by atoms with E-state index in [0.29, 0.717) is 0 Å². The van der Waals surface area contributed by atoms with Gasteiger partial charge in [-0.25, -0.2) is 5.43 Å². The third-order valence-electron chi connectivity index (χ3n) is 1.42. The average Bonchev–Trinajstić information content (AvgIpc) is 1.85. The van der Waals surface area contributed by atoms with Crippen LogP contribution in [0.3, 0.4) is 0 Å². The SMILES string of the molecule is CCC(C)(C)NNC(=N)N.N. The Morgan fingerprint density at radius 1 is 1.55 bits per heavy atom. The molecule has 0 spiro atoms. The Morgan fingerprint density at radius 3 is 2.27 bits per heavy atom. The van der Waals surface area contributed by atoms with E-state index in [9.17, 15) is 0 Å². The molecule has 5 nitrogen and oxygen atoms in total. The number of rotatable bonds is 3. The van der Waals surface area contributed by atoms with Gasteiger partial charge in [0.05, 0.1) is 0 Å². The van der Waals surface area contributed by atoms with Crippen molar-refractivity contribution in [3.63, 3.8) is 0 Å². The fraction of sp³-hybridized carbons (Fsp3) is 0.833. The summed E-state index contributed by atoms with van der Waals surface area (Å²) in [6, 6.07) is 0. The van der Waals surface area contributed by atoms with Crippen molar-refractivity contribution in [3.05, 3.63) is 0 Å². The summed E-state index contributed by atoms with van der Waals surface area (Å²) in [4.78, 5) is 0. The van der Waals surface area contributed by atoms with E-state index in [-0.39, 0.29) is 17.6 Å². The van der Waals surface area contributed by atoms with Gasteiger partial charge >= 0.3 is 0 Å². The van der Waals surface area contributed by atoms with Gasteiger partial charge in [-0.15, -0.1) is 0 Å². The van der Waals surface area contributed by atoms with Crippen molar-refractivity contribution >= 4 is 5.96 Å². The van der Waals surface area contributed by atoms with Crippen LogP contribution in [0.2, 0.25) is 0 Å². The van der Waals surface area contributed by atoms with Crippen LogP contribution >= 0.6 is 0 Å². The molecule has 68 valence electrons. The summed E-state index contributed by atoms with van der Waals surface area (Å²) in [5.74, 6) is -0.0541. The van der Waals surface area contributed by atoms with Crippen molar-refractivity contribution in [2.75, 3.05) is 0 Å². The largest absolute Gasteiger partial charge is 0.369 e. The first-order valence-corrected chi connectivity index (χ1v) is 3.35. The zero-order chi connectivity index (χ0) is 8.20. The lowest BCUT2D eigenvalue weighted by molar-refractivity contribution is 0.356. The van der Waals surface area contributed by atoms with Crippen LogP contribution in [-0.2, 0) is 0 Å². The van der Waals surface area contributed by atoms with E-state index in [0.717, 1.165) is 6.42 Å². The molecule has 0 rings (SSSR count). The molecule has 0 aromatic heterocycles. The predicted molar refractivity (Wildman–Crippen MR) is 47.6 cm³/mol. The van der Waals surface area contributed by atoms with E-state index in [1.165, 1.54) is 0 Å². The molecular weight excluding hydrogens is 142 g/mol. The summed E-state index contributed by atoms with van der Waals surface area (Å²) >= 11 is 0. The number of nitrogens with one attached hydrogen (secondary N) is 3. The minimum absolute atomic E-state index is 0. The molecule has 0 saturated carbocycles. The Morgan fingerprint density at radius 2 is 2.00 bits per heavy atom. The average molecular weight is 161 g/mol. The van der Waals surface area contributed by atoms with E-state index < -0.39 is 0 Å². The van der Waals surface area contributed by atoms with Crippen molar-refractivity contribution in [2.45, 2.75) is 32.7 Å². The van der Waals surface area contributed by atoms with Gasteiger partial charge in [0.25, 0.3) is 0 Å². The molecule has 0 saturated heterocycles. The Hall–Kier alpha value is -0.810. The zero-order valence-electron chi connectivity index (χ0n) is 7.49. The quantitative estimate of drug-likeness (QED) is 0.233. The minimum Gasteiger partial charge on any atom is -0.369 e. The maximum atomic E-state index is 6.85. The molecule has 0 aromatic rings. The van der Waals surface area contributed by atoms with Crippen LogP contribution in [0.4, 0.5) is 0 Å². The highest BCUT2D eigenvalue weighted by Gasteiger charge is 2.12. The van der Waals surface area contributed by atoms with Crippen LogP contribution < -0.4 is 22.7 Å². The van der Waals surface area contributed by atoms with Gasteiger partial charge in [-0.1, -0.05) is 6.92 Å². The van der Waals surface area contributed by atoms with E-state index in [1.54, 1.807) is 0 Å². The van der Waals surface area contributed by atoms with Gasteiger partial charge in [-0.2, -0.15) is 0 Å². The summed E-state index contributed by atoms with van der Waals surface area (Å²) in [5.41, 5.74) is 10.5. The first-order chi connectivity index (χ1) is 4.48. The number of hydrogen-bond acceptors (Lipinski definition) is 3. The highest BCUT2D eigenvalue weighted by atomic mass is 15.4. The van der Waals surface area contributed by atoms with Crippen LogP contribution in [0.5, 0.6) is 0 Å². The molecule has 0 bridgehead atoms. The van der Waals surface area contributed by atoms with Crippen LogP contribution in [0.1, 0.15) is 27.2 Å². The molecule has 5 heteroatoms. The van der Waals surface area contributed by atoms with Crippen molar-refractivity contribution in [1.82, 2.24) is 17.0 Å². The summed E-state index contributed by atoms with van der Waals surface area (Å²) in [5, 5.41) is 6.85. The molecule has 8 N–H and O–H groups in total. The third kappa shape index (κ3) is 7.08. The first-order valence-electron chi connectivity index (χ1n) is 3.35. The Bertz CT molecular complexity index is 120. The molecule has 0 aliphatic rings. The van der Waals surface area contributed by atoms with Gasteiger partial charge in [0.1, 0.15) is 0 Å². The van der Waals surface area contributed by atoms with E-state index >= 15 is 0 Å². The first kappa shape index (κ1) is 12.8. The van der Waals surface area contributed by atoms with Gasteiger partial charge in [0.15, 0.2) is 5.96 Å². The normalized spacial score (nSPS) is 10.1. The lowest BCUT2D eigenvalue weighted by atomic mass is 10.0. The highest BCUT2D eigenvalue weighted by molar-refractivity contribution is 5.73. The summed E-state index contributed by atoms with van der Waals surface area (Å²) in [6.07, 6.45) is 0.979.